The van der Waals surface area contributed by atoms with Crippen LogP contribution in [0.1, 0.15) is 43.5 Å². The molecule has 0 aliphatic carbocycles. The number of piperidine rings is 1. The standard InChI is InChI=1S/C18H24N2O5S/c1-12(2)7-10-26-16-4-3-14(11-15(16)20(24)25)17(21)19-8-5-13(6-9-19)18(22)23/h3-4,11-13H,5-10H2,1-2H3,(H,22,23). The van der Waals surface area contributed by atoms with Crippen LogP contribution in [0.4, 0.5) is 5.69 Å². The van der Waals surface area contributed by atoms with E-state index in [9.17, 15) is 19.7 Å². The Morgan fingerprint density at radius 1 is 1.35 bits per heavy atom. The fourth-order valence-corrected chi connectivity index (χ4v) is 4.09. The maximum atomic E-state index is 12.6. The summed E-state index contributed by atoms with van der Waals surface area (Å²) in [7, 11) is 0. The molecule has 2 rings (SSSR count). The van der Waals surface area contributed by atoms with Crippen LogP contribution in [0.3, 0.4) is 0 Å². The van der Waals surface area contributed by atoms with Gasteiger partial charge in [0.15, 0.2) is 0 Å². The highest BCUT2D eigenvalue weighted by Gasteiger charge is 2.28. The van der Waals surface area contributed by atoms with Crippen LogP contribution in [0.2, 0.25) is 0 Å². The molecule has 7 nitrogen and oxygen atoms in total. The zero-order valence-electron chi connectivity index (χ0n) is 15.0. The molecular weight excluding hydrogens is 356 g/mol. The summed E-state index contributed by atoms with van der Waals surface area (Å²) < 4.78 is 0. The molecule has 142 valence electrons. The van der Waals surface area contributed by atoms with Gasteiger partial charge in [-0.3, -0.25) is 19.7 Å². The quantitative estimate of drug-likeness (QED) is 0.440. The number of hydrogen-bond donors (Lipinski definition) is 1. The van der Waals surface area contributed by atoms with E-state index in [1.54, 1.807) is 17.0 Å². The summed E-state index contributed by atoms with van der Waals surface area (Å²) in [5.41, 5.74) is 0.226. The Morgan fingerprint density at radius 3 is 2.54 bits per heavy atom. The van der Waals surface area contributed by atoms with Crippen molar-refractivity contribution in [1.82, 2.24) is 4.90 Å². The number of carbonyl (C=O) groups is 2. The summed E-state index contributed by atoms with van der Waals surface area (Å²) in [6.45, 7) is 4.91. The second-order valence-electron chi connectivity index (χ2n) is 6.88. The summed E-state index contributed by atoms with van der Waals surface area (Å²) in [6.07, 6.45) is 1.78. The SMILES string of the molecule is CC(C)CCSc1ccc(C(=O)N2CCC(C(=O)O)CC2)cc1[N+](=O)[O-]. The van der Waals surface area contributed by atoms with E-state index in [4.69, 9.17) is 5.11 Å². The summed E-state index contributed by atoms with van der Waals surface area (Å²) >= 11 is 1.43. The van der Waals surface area contributed by atoms with Gasteiger partial charge in [0.1, 0.15) is 0 Å². The van der Waals surface area contributed by atoms with Crippen LogP contribution in [-0.4, -0.2) is 45.6 Å². The number of nitro benzene ring substituents is 1. The first kappa shape index (κ1) is 20.2. The largest absolute Gasteiger partial charge is 0.481 e. The molecule has 1 amide bonds. The van der Waals surface area contributed by atoms with Crippen molar-refractivity contribution in [2.45, 2.75) is 38.0 Å². The Morgan fingerprint density at radius 2 is 2.00 bits per heavy atom. The number of nitrogens with zero attached hydrogens (tertiary/aromatic N) is 2. The van der Waals surface area contributed by atoms with E-state index in [0.29, 0.717) is 36.7 Å². The van der Waals surface area contributed by atoms with E-state index in [2.05, 4.69) is 13.8 Å². The van der Waals surface area contributed by atoms with Crippen LogP contribution in [0.15, 0.2) is 23.1 Å². The number of rotatable bonds is 7. The van der Waals surface area contributed by atoms with Crippen LogP contribution in [0.25, 0.3) is 0 Å². The summed E-state index contributed by atoms with van der Waals surface area (Å²) in [4.78, 5) is 36.7. The first-order chi connectivity index (χ1) is 12.3. The summed E-state index contributed by atoms with van der Waals surface area (Å²) in [5, 5.41) is 20.4. The number of carboxylic acid groups (broad SMARTS) is 1. The Kier molecular flexibility index (Phi) is 7.02. The molecule has 1 aliphatic rings. The molecule has 1 fully saturated rings. The molecule has 0 saturated carbocycles. The van der Waals surface area contributed by atoms with Crippen molar-refractivity contribution >= 4 is 29.3 Å². The van der Waals surface area contributed by atoms with Gasteiger partial charge in [0.25, 0.3) is 11.6 Å². The van der Waals surface area contributed by atoms with E-state index in [-0.39, 0.29) is 17.2 Å². The second-order valence-corrected chi connectivity index (χ2v) is 8.01. The first-order valence-electron chi connectivity index (χ1n) is 8.73. The number of likely N-dealkylation sites (tertiary alicyclic amines) is 1. The van der Waals surface area contributed by atoms with E-state index < -0.39 is 16.8 Å². The Labute approximate surface area is 156 Å². The van der Waals surface area contributed by atoms with E-state index >= 15 is 0 Å². The van der Waals surface area contributed by atoms with Gasteiger partial charge < -0.3 is 10.0 Å². The minimum atomic E-state index is -0.837. The third kappa shape index (κ3) is 5.20. The number of carboxylic acids is 1. The van der Waals surface area contributed by atoms with Gasteiger partial charge in [0.2, 0.25) is 0 Å². The predicted molar refractivity (Wildman–Crippen MR) is 99.5 cm³/mol. The Hall–Kier alpha value is -2.09. The van der Waals surface area contributed by atoms with Crippen molar-refractivity contribution < 1.29 is 19.6 Å². The van der Waals surface area contributed by atoms with Gasteiger partial charge in [-0.1, -0.05) is 13.8 Å². The van der Waals surface area contributed by atoms with Crippen molar-refractivity contribution in [3.05, 3.63) is 33.9 Å². The molecule has 0 aromatic heterocycles. The lowest BCUT2D eigenvalue weighted by atomic mass is 9.96. The topological polar surface area (TPSA) is 101 Å². The lowest BCUT2D eigenvalue weighted by Crippen LogP contribution is -2.40. The fraction of sp³-hybridized carbons (Fsp3) is 0.556. The van der Waals surface area contributed by atoms with E-state index in [1.807, 2.05) is 0 Å². The maximum absolute atomic E-state index is 12.6. The van der Waals surface area contributed by atoms with Crippen molar-refractivity contribution in [1.29, 1.82) is 0 Å². The smallest absolute Gasteiger partial charge is 0.306 e. The minimum absolute atomic E-state index is 0.0509. The minimum Gasteiger partial charge on any atom is -0.481 e. The molecule has 1 N–H and O–H groups in total. The van der Waals surface area contributed by atoms with Crippen LogP contribution >= 0.6 is 11.8 Å². The van der Waals surface area contributed by atoms with Gasteiger partial charge in [0, 0.05) is 24.7 Å². The lowest BCUT2D eigenvalue weighted by Gasteiger charge is -2.30. The molecule has 8 heteroatoms. The molecule has 1 saturated heterocycles. The Bertz CT molecular complexity index is 684. The van der Waals surface area contributed by atoms with Crippen LogP contribution in [0.5, 0.6) is 0 Å². The molecule has 1 aliphatic heterocycles. The highest BCUT2D eigenvalue weighted by molar-refractivity contribution is 7.99. The summed E-state index contributed by atoms with van der Waals surface area (Å²) in [6, 6.07) is 4.60. The zero-order chi connectivity index (χ0) is 19.3. The molecule has 1 heterocycles. The third-order valence-electron chi connectivity index (χ3n) is 4.49. The third-order valence-corrected chi connectivity index (χ3v) is 5.58. The van der Waals surface area contributed by atoms with Crippen LogP contribution in [0, 0.1) is 22.0 Å². The van der Waals surface area contributed by atoms with Gasteiger partial charge in [-0.15, -0.1) is 11.8 Å². The molecule has 0 radical (unpaired) electrons. The predicted octanol–water partition coefficient (Wildman–Crippen LogP) is 3.67. The van der Waals surface area contributed by atoms with Crippen molar-refractivity contribution in [3.63, 3.8) is 0 Å². The van der Waals surface area contributed by atoms with Crippen LogP contribution < -0.4 is 0 Å². The highest BCUT2D eigenvalue weighted by atomic mass is 32.2. The van der Waals surface area contributed by atoms with Gasteiger partial charge in [-0.05, 0) is 43.1 Å². The average molecular weight is 380 g/mol. The average Bonchev–Trinajstić information content (AvgIpc) is 2.61. The molecule has 26 heavy (non-hydrogen) atoms. The monoisotopic (exact) mass is 380 g/mol. The van der Waals surface area contributed by atoms with Crippen LogP contribution in [-0.2, 0) is 4.79 Å². The number of benzene rings is 1. The molecule has 0 unspecified atom stereocenters. The molecule has 1 aromatic rings. The lowest BCUT2D eigenvalue weighted by molar-refractivity contribution is -0.387. The van der Waals surface area contributed by atoms with Crippen molar-refractivity contribution in [2.75, 3.05) is 18.8 Å². The van der Waals surface area contributed by atoms with Gasteiger partial charge in [-0.2, -0.15) is 0 Å². The fourth-order valence-electron chi connectivity index (χ4n) is 2.83. The molecule has 1 aromatic carbocycles. The maximum Gasteiger partial charge on any atom is 0.306 e. The molecule has 0 bridgehead atoms. The second kappa shape index (κ2) is 9.02. The first-order valence-corrected chi connectivity index (χ1v) is 9.71. The van der Waals surface area contributed by atoms with Gasteiger partial charge >= 0.3 is 5.97 Å². The van der Waals surface area contributed by atoms with Crippen molar-refractivity contribution in [3.8, 4) is 0 Å². The van der Waals surface area contributed by atoms with Gasteiger partial charge in [-0.25, -0.2) is 0 Å². The number of thioether (sulfide) groups is 1. The number of hydrogen-bond acceptors (Lipinski definition) is 5. The Balaban J connectivity index is 2.09. The molecular formula is C18H24N2O5S. The number of nitro groups is 1. The van der Waals surface area contributed by atoms with Crippen molar-refractivity contribution in [2.24, 2.45) is 11.8 Å². The highest BCUT2D eigenvalue weighted by Crippen LogP contribution is 2.32. The zero-order valence-corrected chi connectivity index (χ0v) is 15.8. The van der Waals surface area contributed by atoms with E-state index in [1.165, 1.54) is 17.8 Å². The van der Waals surface area contributed by atoms with E-state index in [0.717, 1.165) is 12.2 Å². The number of aliphatic carboxylic acids is 1. The van der Waals surface area contributed by atoms with Gasteiger partial charge in [0.05, 0.1) is 15.7 Å². The number of carbonyl (C=O) groups excluding carboxylic acids is 1. The normalized spacial score (nSPS) is 15.3. The summed E-state index contributed by atoms with van der Waals surface area (Å²) in [5.74, 6) is -0.232. The molecule has 0 spiro atoms. The molecule has 0 atom stereocenters. The number of amides is 1.